The number of aliphatic hydroxyl groups is 6. The highest BCUT2D eigenvalue weighted by Crippen LogP contribution is 2.41. The van der Waals surface area contributed by atoms with Gasteiger partial charge in [-0.1, -0.05) is 142 Å². The summed E-state index contributed by atoms with van der Waals surface area (Å²) in [5.41, 5.74) is 6.28. The number of aldehydes is 1. The Hall–Kier alpha value is -7.94. The minimum Gasteiger partial charge on any atom is -0.508 e. The Morgan fingerprint density at radius 2 is 1.21 bits per heavy atom. The predicted molar refractivity (Wildman–Crippen MR) is 306 cm³/mol. The van der Waals surface area contributed by atoms with Gasteiger partial charge in [0.2, 0.25) is 11.5 Å². The standard InChI is InChI=1S/C53H64O14.C7H12O6.C2H6/c1-32(17-12-19-34(3)22-24-39-36(5)29-42(47(59)37(39)6)65-45(57)21-14-28-54)15-10-11-16-33(2)18-13-20-35(4)23-25-40-38(7)48(60)43(30-53(40,8)9)66-46(58)27-26-44(56)64-31-41(55)51-49(61)50(62)52(63)67-51;1-13-3-4(8)2-5(9)6(10)7(11)12;1-2/h10-13,15-20,22-25,28,36,41-43,51,55,61-62H,14,21,26-27,29-31H2,1-9H3;4,8-10H,2-3H2,1H3,(H,11,12);1-2H3/b11-10+,17-12+,18-13+,24-22+,25-23+,32-15+,33-16+,34-19+,35-20+;6-5-;. The van der Waals surface area contributed by atoms with Gasteiger partial charge >= 0.3 is 29.8 Å². The van der Waals surface area contributed by atoms with Crippen molar-refractivity contribution in [1.82, 2.24) is 0 Å². The van der Waals surface area contributed by atoms with Gasteiger partial charge in [0, 0.05) is 26.4 Å². The van der Waals surface area contributed by atoms with Crippen molar-refractivity contribution in [2.75, 3.05) is 20.3 Å². The summed E-state index contributed by atoms with van der Waals surface area (Å²) >= 11 is 0. The highest BCUT2D eigenvalue weighted by molar-refractivity contribution is 6.02. The van der Waals surface area contributed by atoms with Crippen LogP contribution in [0.2, 0.25) is 0 Å². The number of carboxylic acids is 1. The van der Waals surface area contributed by atoms with Crippen LogP contribution in [0.5, 0.6) is 0 Å². The van der Waals surface area contributed by atoms with Crippen LogP contribution in [0.25, 0.3) is 0 Å². The number of ether oxygens (including phenoxy) is 5. The van der Waals surface area contributed by atoms with Crippen molar-refractivity contribution in [2.24, 2.45) is 11.3 Å². The number of allylic oxidation sites excluding steroid dienone is 20. The molecule has 0 spiro atoms. The molecule has 6 unspecified atom stereocenters. The molecule has 1 heterocycles. The Morgan fingerprint density at radius 3 is 1.73 bits per heavy atom. The van der Waals surface area contributed by atoms with Crippen LogP contribution in [-0.4, -0.2) is 134 Å². The summed E-state index contributed by atoms with van der Waals surface area (Å²) in [5, 5.41) is 63.9. The van der Waals surface area contributed by atoms with E-state index < -0.39 is 102 Å². The second-order valence-corrected chi connectivity index (χ2v) is 19.9. The molecular weight excluding hydrogens is 1060 g/mol. The fourth-order valence-corrected chi connectivity index (χ4v) is 8.04. The first-order valence-electron chi connectivity index (χ1n) is 26.6. The largest absolute Gasteiger partial charge is 0.508 e. The highest BCUT2D eigenvalue weighted by Gasteiger charge is 2.41. The molecule has 1 aliphatic heterocycles. The normalized spacial score (nSPS) is 21.1. The van der Waals surface area contributed by atoms with Gasteiger partial charge < -0.3 is 64.2 Å². The number of hydrogen-bond donors (Lipinski definition) is 7. The number of esters is 4. The molecule has 0 bridgehead atoms. The fourth-order valence-electron chi connectivity index (χ4n) is 8.04. The molecule has 20 nitrogen and oxygen atoms in total. The van der Waals surface area contributed by atoms with Gasteiger partial charge in [0.25, 0.3) is 0 Å². The minimum absolute atomic E-state index is 0.0242. The molecule has 6 atom stereocenters. The number of methoxy groups -OCH3 is 1. The molecule has 0 aromatic heterocycles. The lowest BCUT2D eigenvalue weighted by molar-refractivity contribution is -0.160. The van der Waals surface area contributed by atoms with Crippen molar-refractivity contribution in [1.29, 1.82) is 0 Å². The first-order valence-corrected chi connectivity index (χ1v) is 26.6. The van der Waals surface area contributed by atoms with E-state index in [1.807, 2.05) is 147 Å². The van der Waals surface area contributed by atoms with Gasteiger partial charge in [0.1, 0.15) is 24.8 Å². The lowest BCUT2D eigenvalue weighted by Gasteiger charge is -2.36. The van der Waals surface area contributed by atoms with Crippen LogP contribution in [0.4, 0.5) is 0 Å². The van der Waals surface area contributed by atoms with Crippen molar-refractivity contribution < 1.29 is 97.8 Å². The van der Waals surface area contributed by atoms with Crippen molar-refractivity contribution in [3.05, 3.63) is 153 Å². The molecule has 0 amide bonds. The highest BCUT2D eigenvalue weighted by atomic mass is 16.6. The van der Waals surface area contributed by atoms with Gasteiger partial charge in [-0.3, -0.25) is 24.0 Å². The van der Waals surface area contributed by atoms with Gasteiger partial charge in [0.15, 0.2) is 35.6 Å². The lowest BCUT2D eigenvalue weighted by Crippen LogP contribution is -2.39. The number of aliphatic carboxylic acids is 1. The second-order valence-electron chi connectivity index (χ2n) is 19.9. The van der Waals surface area contributed by atoms with Gasteiger partial charge in [-0.15, -0.1) is 0 Å². The summed E-state index contributed by atoms with van der Waals surface area (Å²) in [6.07, 6.45) is 21.5. The number of aliphatic hydroxyl groups excluding tert-OH is 6. The maximum absolute atomic E-state index is 13.3. The molecule has 450 valence electrons. The van der Waals surface area contributed by atoms with E-state index in [4.69, 9.17) is 34.6 Å². The third kappa shape index (κ3) is 24.8. The molecule has 0 radical (unpaired) electrons. The van der Waals surface area contributed by atoms with E-state index in [0.717, 1.165) is 33.4 Å². The van der Waals surface area contributed by atoms with Crippen molar-refractivity contribution >= 4 is 47.7 Å². The van der Waals surface area contributed by atoms with E-state index >= 15 is 0 Å². The summed E-state index contributed by atoms with van der Waals surface area (Å²) in [6.45, 7) is 20.5. The fraction of sp³-hybridized carbons (Fsp3) is 0.452. The van der Waals surface area contributed by atoms with E-state index in [1.54, 1.807) is 13.8 Å². The number of carbonyl (C=O) groups excluding carboxylic acids is 7. The van der Waals surface area contributed by atoms with Crippen molar-refractivity contribution in [3.8, 4) is 0 Å². The molecule has 7 N–H and O–H groups in total. The molecule has 3 aliphatic rings. The van der Waals surface area contributed by atoms with Gasteiger partial charge in [-0.05, 0) is 81.6 Å². The molecular formula is C62H82O20. The summed E-state index contributed by atoms with van der Waals surface area (Å²) in [5.74, 6) is -9.42. The van der Waals surface area contributed by atoms with E-state index in [0.29, 0.717) is 23.9 Å². The number of cyclic esters (lactones) is 1. The Morgan fingerprint density at radius 1 is 0.707 bits per heavy atom. The quantitative estimate of drug-likeness (QED) is 0.0106. The molecule has 0 fully saturated rings. The average molecular weight is 1150 g/mol. The van der Waals surface area contributed by atoms with E-state index in [2.05, 4.69) is 9.47 Å². The van der Waals surface area contributed by atoms with E-state index in [1.165, 1.54) is 7.11 Å². The molecule has 3 rings (SSSR count). The minimum atomic E-state index is -1.65. The SMILES string of the molecule is CC.CC1=C(/C=C/C(C)=C/C=C/C(C)=C/C=C/C=C(C)/C=C/C=C(C)/C=C/C2=C(C)C(=O)C(OC(=O)CCC(=O)OCC(O)C3OC(=O)C(O)=C3O)CC2(C)C)C(C)CC(OC(=O)CCC=O)C1=O.COCC(O)C/C(O)=C(/O)C(=O)O. The third-order valence-electron chi connectivity index (χ3n) is 12.5. The Bertz CT molecular complexity index is 2720. The monoisotopic (exact) mass is 1150 g/mol. The first-order chi connectivity index (χ1) is 38.5. The molecule has 0 saturated carbocycles. The van der Waals surface area contributed by atoms with Gasteiger partial charge in [-0.2, -0.15) is 0 Å². The average Bonchev–Trinajstić information content (AvgIpc) is 3.74. The zero-order chi connectivity index (χ0) is 62.4. The van der Waals surface area contributed by atoms with Crippen LogP contribution >= 0.6 is 0 Å². The van der Waals surface area contributed by atoms with Gasteiger partial charge in [-0.25, -0.2) is 9.59 Å². The first kappa shape index (κ1) is 72.1. The third-order valence-corrected chi connectivity index (χ3v) is 12.5. The van der Waals surface area contributed by atoms with Crippen LogP contribution < -0.4 is 0 Å². The number of rotatable bonds is 26. The smallest absolute Gasteiger partial charge is 0.377 e. The van der Waals surface area contributed by atoms with Crippen molar-refractivity contribution in [3.63, 3.8) is 0 Å². The van der Waals surface area contributed by atoms with E-state index in [-0.39, 0.29) is 56.2 Å². The van der Waals surface area contributed by atoms with Crippen LogP contribution in [0.1, 0.15) is 121 Å². The number of ketones is 2. The molecule has 0 saturated heterocycles. The molecule has 0 aromatic rings. The summed E-state index contributed by atoms with van der Waals surface area (Å²) < 4.78 is 24.9. The molecule has 20 heteroatoms. The summed E-state index contributed by atoms with van der Waals surface area (Å²) in [6, 6.07) is 0. The topological polar surface area (TPSA) is 324 Å². The van der Waals surface area contributed by atoms with Crippen LogP contribution in [-0.2, 0) is 62.0 Å². The molecule has 0 aromatic carbocycles. The number of hydrogen-bond acceptors (Lipinski definition) is 19. The Kier molecular flexibility index (Phi) is 32.0. The maximum atomic E-state index is 13.3. The zero-order valence-corrected chi connectivity index (χ0v) is 48.9. The Balaban J connectivity index is 0.00000196. The Labute approximate surface area is 479 Å². The molecule has 82 heavy (non-hydrogen) atoms. The summed E-state index contributed by atoms with van der Waals surface area (Å²) in [4.78, 5) is 94.9. The number of carbonyl (C=O) groups is 8. The zero-order valence-electron chi connectivity index (χ0n) is 48.9. The molecule has 2 aliphatic carbocycles. The lowest BCUT2D eigenvalue weighted by atomic mass is 9.71. The van der Waals surface area contributed by atoms with Crippen LogP contribution in [0.3, 0.4) is 0 Å². The number of Topliss-reactive ketones (excluding diaryl/α,β-unsaturated/α-hetero) is 2. The summed E-state index contributed by atoms with van der Waals surface area (Å²) in [7, 11) is 1.35. The predicted octanol–water partition coefficient (Wildman–Crippen LogP) is 9.36. The van der Waals surface area contributed by atoms with Gasteiger partial charge in [0.05, 0.1) is 32.0 Å². The van der Waals surface area contributed by atoms with Crippen LogP contribution in [0.15, 0.2) is 153 Å². The van der Waals surface area contributed by atoms with Crippen LogP contribution in [0, 0.1) is 11.3 Å². The van der Waals surface area contributed by atoms with E-state index in [9.17, 15) is 53.7 Å². The second kappa shape index (κ2) is 36.4. The number of carboxylic acid groups (broad SMARTS) is 1. The van der Waals surface area contributed by atoms with Crippen molar-refractivity contribution in [2.45, 2.75) is 152 Å². The maximum Gasteiger partial charge on any atom is 0.377 e.